The van der Waals surface area contributed by atoms with Crippen molar-refractivity contribution in [2.45, 2.75) is 45.8 Å². The number of aryl methyl sites for hydroxylation is 1. The Bertz CT molecular complexity index is 1330. The van der Waals surface area contributed by atoms with E-state index in [0.717, 1.165) is 17.7 Å². The zero-order valence-electron chi connectivity index (χ0n) is 19.6. The topological polar surface area (TPSA) is 102 Å². The minimum absolute atomic E-state index is 0.0111. The number of Topliss-reactive ketones (excluding diaryl/α,β-unsaturated/α-hetero) is 1. The molecule has 180 valence electrons. The van der Waals surface area contributed by atoms with Gasteiger partial charge in [-0.25, -0.2) is 0 Å². The predicted octanol–water partition coefficient (Wildman–Crippen LogP) is 4.59. The van der Waals surface area contributed by atoms with Crippen LogP contribution in [0.3, 0.4) is 0 Å². The lowest BCUT2D eigenvalue weighted by molar-refractivity contribution is -0.132. The first-order chi connectivity index (χ1) is 16.9. The van der Waals surface area contributed by atoms with Crippen LogP contribution in [0.2, 0.25) is 0 Å². The summed E-state index contributed by atoms with van der Waals surface area (Å²) in [6.45, 7) is 6.36. The van der Waals surface area contributed by atoms with Crippen LogP contribution in [0.4, 0.5) is 5.13 Å². The smallest absolute Gasteiger partial charge is 0.301 e. The Balaban J connectivity index is 1.62. The number of ketones is 1. The monoisotopic (exact) mass is 491 g/mol. The molecule has 1 amide bonds. The van der Waals surface area contributed by atoms with Crippen LogP contribution in [0.25, 0.3) is 5.76 Å². The summed E-state index contributed by atoms with van der Waals surface area (Å²) >= 11 is 1.21. The molecule has 35 heavy (non-hydrogen) atoms. The van der Waals surface area contributed by atoms with E-state index in [1.54, 1.807) is 43.3 Å². The molecule has 0 saturated carbocycles. The Kier molecular flexibility index (Phi) is 6.02. The molecular weight excluding hydrogens is 466 g/mol. The Morgan fingerprint density at radius 1 is 1.20 bits per heavy atom. The van der Waals surface area contributed by atoms with E-state index in [0.29, 0.717) is 40.0 Å². The van der Waals surface area contributed by atoms with E-state index >= 15 is 0 Å². The van der Waals surface area contributed by atoms with Crippen LogP contribution in [-0.2, 0) is 16.0 Å². The van der Waals surface area contributed by atoms with Crippen molar-refractivity contribution in [2.24, 2.45) is 0 Å². The Morgan fingerprint density at radius 2 is 1.97 bits per heavy atom. The first-order valence-corrected chi connectivity index (χ1v) is 12.3. The number of aromatic nitrogens is 2. The summed E-state index contributed by atoms with van der Waals surface area (Å²) in [5, 5.41) is 20.5. The lowest BCUT2D eigenvalue weighted by Crippen LogP contribution is -2.29. The first-order valence-electron chi connectivity index (χ1n) is 11.5. The molecule has 0 aliphatic carbocycles. The van der Waals surface area contributed by atoms with E-state index in [-0.39, 0.29) is 17.4 Å². The number of amides is 1. The molecule has 0 unspecified atom stereocenters. The molecule has 2 aromatic carbocycles. The second-order valence-corrected chi connectivity index (χ2v) is 9.81. The highest BCUT2D eigenvalue weighted by Crippen LogP contribution is 2.43. The van der Waals surface area contributed by atoms with Gasteiger partial charge in [-0.05, 0) is 61.7 Å². The van der Waals surface area contributed by atoms with Crippen molar-refractivity contribution in [2.75, 3.05) is 11.5 Å². The number of anilines is 1. The van der Waals surface area contributed by atoms with Crippen LogP contribution in [0.1, 0.15) is 48.0 Å². The van der Waals surface area contributed by atoms with Gasteiger partial charge in [0.1, 0.15) is 28.4 Å². The Labute approximate surface area is 206 Å². The van der Waals surface area contributed by atoms with Crippen LogP contribution in [-0.4, -0.2) is 39.7 Å². The quantitative estimate of drug-likeness (QED) is 0.306. The van der Waals surface area contributed by atoms with Gasteiger partial charge >= 0.3 is 5.91 Å². The maximum Gasteiger partial charge on any atom is 0.301 e. The largest absolute Gasteiger partial charge is 0.507 e. The van der Waals surface area contributed by atoms with E-state index in [1.165, 1.54) is 16.2 Å². The van der Waals surface area contributed by atoms with Gasteiger partial charge in [-0.15, -0.1) is 10.2 Å². The number of carbonyl (C=O) groups is 2. The number of carbonyl (C=O) groups excluding carboxylic acids is 2. The summed E-state index contributed by atoms with van der Waals surface area (Å²) in [5.74, 6) is -0.301. The molecule has 1 saturated heterocycles. The first kappa shape index (κ1) is 23.0. The fourth-order valence-electron chi connectivity index (χ4n) is 4.42. The second kappa shape index (κ2) is 9.14. The van der Waals surface area contributed by atoms with Crippen molar-refractivity contribution in [3.63, 3.8) is 0 Å². The van der Waals surface area contributed by atoms with Gasteiger partial charge in [0.15, 0.2) is 0 Å². The maximum absolute atomic E-state index is 13.3. The third kappa shape index (κ3) is 4.16. The number of aliphatic hydroxyl groups is 1. The molecule has 2 aliphatic rings. The molecule has 2 atom stereocenters. The summed E-state index contributed by atoms with van der Waals surface area (Å²) < 4.78 is 11.4. The predicted molar refractivity (Wildman–Crippen MR) is 132 cm³/mol. The van der Waals surface area contributed by atoms with Gasteiger partial charge in [-0.2, -0.15) is 0 Å². The summed E-state index contributed by atoms with van der Waals surface area (Å²) in [6, 6.07) is 11.6. The van der Waals surface area contributed by atoms with E-state index in [4.69, 9.17) is 9.47 Å². The zero-order chi connectivity index (χ0) is 24.7. The summed E-state index contributed by atoms with van der Waals surface area (Å²) in [5.41, 5.74) is 2.07. The maximum atomic E-state index is 13.3. The molecule has 5 rings (SSSR count). The average molecular weight is 492 g/mol. The Hall–Kier alpha value is -3.72. The number of hydrogen-bond acceptors (Lipinski definition) is 8. The van der Waals surface area contributed by atoms with E-state index in [1.807, 2.05) is 19.9 Å². The molecule has 1 fully saturated rings. The van der Waals surface area contributed by atoms with Crippen LogP contribution in [0, 0.1) is 6.92 Å². The van der Waals surface area contributed by atoms with Gasteiger partial charge in [-0.3, -0.25) is 14.5 Å². The number of nitrogens with zero attached hydrogens (tertiary/aromatic N) is 3. The molecule has 1 N–H and O–H groups in total. The molecule has 0 spiro atoms. The van der Waals surface area contributed by atoms with Gasteiger partial charge in [0.2, 0.25) is 5.13 Å². The fraction of sp³-hybridized carbons (Fsp3) is 0.308. The molecule has 0 bridgehead atoms. The number of hydrogen-bond donors (Lipinski definition) is 1. The molecule has 8 nitrogen and oxygen atoms in total. The summed E-state index contributed by atoms with van der Waals surface area (Å²) in [6.07, 6.45) is 1.63. The second-order valence-electron chi connectivity index (χ2n) is 8.65. The van der Waals surface area contributed by atoms with Crippen LogP contribution in [0.5, 0.6) is 11.5 Å². The molecule has 2 aliphatic heterocycles. The third-order valence-corrected chi connectivity index (χ3v) is 6.84. The van der Waals surface area contributed by atoms with Crippen LogP contribution in [0.15, 0.2) is 48.0 Å². The molecule has 0 radical (unpaired) electrons. The fourth-order valence-corrected chi connectivity index (χ4v) is 5.13. The third-order valence-electron chi connectivity index (χ3n) is 6.00. The Morgan fingerprint density at radius 3 is 2.66 bits per heavy atom. The minimum atomic E-state index is -0.856. The highest BCUT2D eigenvalue weighted by atomic mass is 32.1. The minimum Gasteiger partial charge on any atom is -0.507 e. The number of ether oxygens (including phenoxy) is 2. The zero-order valence-corrected chi connectivity index (χ0v) is 20.5. The van der Waals surface area contributed by atoms with Crippen molar-refractivity contribution < 1.29 is 24.2 Å². The molecule has 3 heterocycles. The summed E-state index contributed by atoms with van der Waals surface area (Å²) in [7, 11) is 0. The van der Waals surface area contributed by atoms with E-state index in [9.17, 15) is 14.7 Å². The highest BCUT2D eigenvalue weighted by molar-refractivity contribution is 7.15. The lowest BCUT2D eigenvalue weighted by Gasteiger charge is -2.22. The van der Waals surface area contributed by atoms with Gasteiger partial charge in [0.05, 0.1) is 18.2 Å². The molecule has 1 aromatic heterocycles. The van der Waals surface area contributed by atoms with Crippen LogP contribution >= 0.6 is 11.3 Å². The van der Waals surface area contributed by atoms with Crippen molar-refractivity contribution in [3.8, 4) is 11.5 Å². The standard InChI is InChI=1S/C26H25N3O5S/c1-4-11-33-19-8-5-16(6-9-19)22-21(24(31)25(32)29(22)26-28-27-15(3)35-26)23(30)17-7-10-20-18(13-17)12-14(2)34-20/h5-10,13-14,22,30H,4,11-12H2,1-3H3/t14-,22+/m1/s1. The van der Waals surface area contributed by atoms with Crippen LogP contribution < -0.4 is 14.4 Å². The average Bonchev–Trinajstić information content (AvgIpc) is 3.52. The number of benzene rings is 2. The SMILES string of the molecule is CCCOc1ccc([C@H]2C(=C(O)c3ccc4c(c3)C[C@@H](C)O4)C(=O)C(=O)N2c2nnc(C)s2)cc1. The van der Waals surface area contributed by atoms with Gasteiger partial charge < -0.3 is 14.6 Å². The van der Waals surface area contributed by atoms with Crippen molar-refractivity contribution >= 4 is 33.9 Å². The normalized spacial score (nSPS) is 20.7. The van der Waals surface area contributed by atoms with Gasteiger partial charge in [0.25, 0.3) is 5.78 Å². The molecule has 9 heteroatoms. The van der Waals surface area contributed by atoms with E-state index in [2.05, 4.69) is 10.2 Å². The van der Waals surface area contributed by atoms with Gasteiger partial charge in [-0.1, -0.05) is 30.4 Å². The van der Waals surface area contributed by atoms with Crippen molar-refractivity contribution in [3.05, 3.63) is 69.7 Å². The van der Waals surface area contributed by atoms with E-state index < -0.39 is 17.7 Å². The molecular formula is C26H25N3O5S. The van der Waals surface area contributed by atoms with Gasteiger partial charge in [0, 0.05) is 12.0 Å². The highest BCUT2D eigenvalue weighted by Gasteiger charge is 2.48. The lowest BCUT2D eigenvalue weighted by atomic mass is 9.94. The van der Waals surface area contributed by atoms with Crippen molar-refractivity contribution in [1.82, 2.24) is 10.2 Å². The summed E-state index contributed by atoms with van der Waals surface area (Å²) in [4.78, 5) is 27.8. The molecule has 3 aromatic rings. The number of aliphatic hydroxyl groups excluding tert-OH is 1. The number of fused-ring (bicyclic) bond motifs is 1. The number of rotatable bonds is 6. The van der Waals surface area contributed by atoms with Crippen molar-refractivity contribution in [1.29, 1.82) is 0 Å².